The summed E-state index contributed by atoms with van der Waals surface area (Å²) in [7, 11) is 0. The van der Waals surface area contributed by atoms with E-state index < -0.39 is 16.3 Å². The maximum atomic E-state index is 11.7. The lowest BCUT2D eigenvalue weighted by atomic mass is 9.90. The molecular weight excluding hydrogens is 372 g/mol. The zero-order chi connectivity index (χ0) is 20.9. The van der Waals surface area contributed by atoms with Gasteiger partial charge in [-0.2, -0.15) is 0 Å². The summed E-state index contributed by atoms with van der Waals surface area (Å²) in [6, 6.07) is 15.1. The van der Waals surface area contributed by atoms with Crippen molar-refractivity contribution in [3.63, 3.8) is 0 Å². The molecule has 28 heavy (non-hydrogen) atoms. The van der Waals surface area contributed by atoms with Gasteiger partial charge in [-0.3, -0.25) is 9.59 Å². The summed E-state index contributed by atoms with van der Waals surface area (Å²) in [4.78, 5) is 22.8. The second-order valence-electron chi connectivity index (χ2n) is 7.96. The minimum absolute atomic E-state index is 0.0964. The SMILES string of the molecule is CC(C)(SC(CCc1ccccc1C(C)(C)O)c1cccc(C=O)c1)C(=O)O. The first kappa shape index (κ1) is 22.2. The molecule has 150 valence electrons. The third kappa shape index (κ3) is 5.69. The van der Waals surface area contributed by atoms with Crippen molar-refractivity contribution >= 4 is 24.0 Å². The van der Waals surface area contributed by atoms with Crippen LogP contribution in [-0.2, 0) is 16.8 Å². The summed E-state index contributed by atoms with van der Waals surface area (Å²) in [6.07, 6.45) is 2.19. The highest BCUT2D eigenvalue weighted by molar-refractivity contribution is 8.01. The number of carboxylic acids is 1. The molecule has 1 atom stereocenters. The van der Waals surface area contributed by atoms with E-state index in [-0.39, 0.29) is 5.25 Å². The lowest BCUT2D eigenvalue weighted by molar-refractivity contribution is -0.138. The predicted molar refractivity (Wildman–Crippen MR) is 114 cm³/mol. The zero-order valence-electron chi connectivity index (χ0n) is 16.8. The van der Waals surface area contributed by atoms with Crippen molar-refractivity contribution in [2.45, 2.75) is 56.1 Å². The molecule has 0 aliphatic heterocycles. The Balaban J connectivity index is 2.33. The number of benzene rings is 2. The minimum atomic E-state index is -0.961. The van der Waals surface area contributed by atoms with Crippen LogP contribution in [0.1, 0.15) is 66.4 Å². The molecule has 0 saturated carbocycles. The Labute approximate surface area is 171 Å². The van der Waals surface area contributed by atoms with Gasteiger partial charge in [-0.15, -0.1) is 11.8 Å². The van der Waals surface area contributed by atoms with E-state index in [1.165, 1.54) is 11.8 Å². The maximum absolute atomic E-state index is 11.7. The summed E-state index contributed by atoms with van der Waals surface area (Å²) >= 11 is 1.38. The van der Waals surface area contributed by atoms with Gasteiger partial charge in [0.1, 0.15) is 11.0 Å². The van der Waals surface area contributed by atoms with Crippen molar-refractivity contribution in [1.29, 1.82) is 0 Å². The number of hydrogen-bond acceptors (Lipinski definition) is 4. The van der Waals surface area contributed by atoms with Gasteiger partial charge in [0.05, 0.1) is 5.60 Å². The summed E-state index contributed by atoms with van der Waals surface area (Å²) in [5.74, 6) is -0.870. The normalized spacial score (nSPS) is 13.2. The molecule has 2 aromatic carbocycles. The van der Waals surface area contributed by atoms with Crippen LogP contribution >= 0.6 is 11.8 Å². The average Bonchev–Trinajstić information content (AvgIpc) is 2.64. The van der Waals surface area contributed by atoms with Gasteiger partial charge in [-0.05, 0) is 63.3 Å². The summed E-state index contributed by atoms with van der Waals surface area (Å²) in [5, 5.41) is 19.9. The molecular formula is C23H28O4S. The molecule has 0 aromatic heterocycles. The third-order valence-corrected chi connectivity index (χ3v) is 6.28. The van der Waals surface area contributed by atoms with Crippen LogP contribution in [0.15, 0.2) is 48.5 Å². The van der Waals surface area contributed by atoms with E-state index in [1.54, 1.807) is 33.8 Å². The molecule has 4 nitrogen and oxygen atoms in total. The lowest BCUT2D eigenvalue weighted by Crippen LogP contribution is -2.28. The van der Waals surface area contributed by atoms with Gasteiger partial charge in [-0.25, -0.2) is 0 Å². The highest BCUT2D eigenvalue weighted by Crippen LogP contribution is 2.42. The first-order chi connectivity index (χ1) is 13.0. The number of aldehydes is 1. The van der Waals surface area contributed by atoms with E-state index >= 15 is 0 Å². The Bertz CT molecular complexity index is 836. The highest BCUT2D eigenvalue weighted by Gasteiger charge is 2.32. The van der Waals surface area contributed by atoms with Crippen molar-refractivity contribution in [2.75, 3.05) is 0 Å². The monoisotopic (exact) mass is 400 g/mol. The number of aryl methyl sites for hydroxylation is 1. The molecule has 0 bridgehead atoms. The third-order valence-electron chi connectivity index (χ3n) is 4.72. The number of carboxylic acid groups (broad SMARTS) is 1. The van der Waals surface area contributed by atoms with E-state index in [9.17, 15) is 19.8 Å². The molecule has 0 amide bonds. The van der Waals surface area contributed by atoms with Crippen LogP contribution in [-0.4, -0.2) is 27.2 Å². The topological polar surface area (TPSA) is 74.6 Å². The number of carbonyl (C=O) groups is 2. The number of aliphatic carboxylic acids is 1. The fraction of sp³-hybridized carbons (Fsp3) is 0.391. The molecule has 0 aliphatic rings. The Morgan fingerprint density at radius 2 is 1.79 bits per heavy atom. The summed E-state index contributed by atoms with van der Waals surface area (Å²) in [6.45, 7) is 6.92. The van der Waals surface area contributed by atoms with Crippen LogP contribution in [0.25, 0.3) is 0 Å². The quantitative estimate of drug-likeness (QED) is 0.580. The van der Waals surface area contributed by atoms with Gasteiger partial charge in [0.2, 0.25) is 0 Å². The molecule has 1 unspecified atom stereocenters. The zero-order valence-corrected chi connectivity index (χ0v) is 17.6. The molecule has 2 rings (SSSR count). The molecule has 2 aromatic rings. The highest BCUT2D eigenvalue weighted by atomic mass is 32.2. The molecule has 0 saturated heterocycles. The first-order valence-electron chi connectivity index (χ1n) is 9.31. The van der Waals surface area contributed by atoms with E-state index in [0.717, 1.165) is 23.0 Å². The van der Waals surface area contributed by atoms with E-state index in [4.69, 9.17) is 0 Å². The van der Waals surface area contributed by atoms with E-state index in [2.05, 4.69) is 0 Å². The van der Waals surface area contributed by atoms with E-state index in [1.807, 2.05) is 42.5 Å². The standard InChI is InChI=1S/C23H28O4S/c1-22(2,27)19-11-6-5-9-17(19)12-13-20(28-23(3,4)21(25)26)18-10-7-8-16(14-18)15-24/h5-11,14-15,20,27H,12-13H2,1-4H3,(H,25,26). The summed E-state index contributed by atoms with van der Waals surface area (Å²) < 4.78 is -0.961. The fourth-order valence-corrected chi connectivity index (χ4v) is 4.48. The van der Waals surface area contributed by atoms with Crippen molar-refractivity contribution < 1.29 is 19.8 Å². The number of carbonyl (C=O) groups excluding carboxylic acids is 1. The van der Waals surface area contributed by atoms with Gasteiger partial charge in [-0.1, -0.05) is 42.5 Å². The Morgan fingerprint density at radius 1 is 1.11 bits per heavy atom. The molecule has 0 spiro atoms. The van der Waals surface area contributed by atoms with Crippen LogP contribution in [0.2, 0.25) is 0 Å². The number of thioether (sulfide) groups is 1. The van der Waals surface area contributed by atoms with Gasteiger partial charge >= 0.3 is 5.97 Å². The van der Waals surface area contributed by atoms with Crippen LogP contribution in [0.5, 0.6) is 0 Å². The molecule has 0 fully saturated rings. The molecule has 0 aliphatic carbocycles. The van der Waals surface area contributed by atoms with Gasteiger partial charge < -0.3 is 10.2 Å². The van der Waals surface area contributed by atoms with Crippen molar-refractivity contribution in [3.05, 3.63) is 70.8 Å². The smallest absolute Gasteiger partial charge is 0.319 e. The van der Waals surface area contributed by atoms with Crippen LogP contribution in [0.4, 0.5) is 0 Å². The number of aliphatic hydroxyl groups is 1. The van der Waals surface area contributed by atoms with Crippen LogP contribution < -0.4 is 0 Å². The maximum Gasteiger partial charge on any atom is 0.319 e. The number of hydrogen-bond donors (Lipinski definition) is 2. The van der Waals surface area contributed by atoms with Gasteiger partial charge in [0, 0.05) is 10.8 Å². The van der Waals surface area contributed by atoms with Crippen LogP contribution in [0.3, 0.4) is 0 Å². The van der Waals surface area contributed by atoms with Gasteiger partial charge in [0.15, 0.2) is 0 Å². The predicted octanol–water partition coefficient (Wildman–Crippen LogP) is 5.00. The second-order valence-corrected chi connectivity index (χ2v) is 9.79. The largest absolute Gasteiger partial charge is 0.480 e. The summed E-state index contributed by atoms with van der Waals surface area (Å²) in [5.41, 5.74) is 2.48. The van der Waals surface area contributed by atoms with Crippen LogP contribution in [0, 0.1) is 0 Å². The Kier molecular flexibility index (Phi) is 7.07. The lowest BCUT2D eigenvalue weighted by Gasteiger charge is -2.27. The molecule has 2 N–H and O–H groups in total. The van der Waals surface area contributed by atoms with Crippen molar-refractivity contribution in [2.24, 2.45) is 0 Å². The fourth-order valence-electron chi connectivity index (χ4n) is 3.15. The first-order valence-corrected chi connectivity index (χ1v) is 10.2. The molecule has 0 heterocycles. The van der Waals surface area contributed by atoms with Crippen molar-refractivity contribution in [3.8, 4) is 0 Å². The molecule has 0 radical (unpaired) electrons. The van der Waals surface area contributed by atoms with Gasteiger partial charge in [0.25, 0.3) is 0 Å². The molecule has 5 heteroatoms. The average molecular weight is 401 g/mol. The minimum Gasteiger partial charge on any atom is -0.480 e. The Hall–Kier alpha value is -2.11. The Morgan fingerprint density at radius 3 is 2.39 bits per heavy atom. The number of rotatable bonds is 9. The van der Waals surface area contributed by atoms with E-state index in [0.29, 0.717) is 18.4 Å². The van der Waals surface area contributed by atoms with Crippen molar-refractivity contribution in [1.82, 2.24) is 0 Å². The second kappa shape index (κ2) is 8.93.